The summed E-state index contributed by atoms with van der Waals surface area (Å²) in [5.74, 6) is 0.775. The van der Waals surface area contributed by atoms with E-state index in [0.29, 0.717) is 13.1 Å². The Labute approximate surface area is 131 Å². The molecule has 1 N–H and O–H groups in total. The number of hydrogen-bond acceptors (Lipinski definition) is 3. The van der Waals surface area contributed by atoms with E-state index in [1.54, 1.807) is 18.2 Å². The highest BCUT2D eigenvalue weighted by molar-refractivity contribution is 5.73. The quantitative estimate of drug-likeness (QED) is 0.892. The molecule has 0 aliphatic carbocycles. The van der Waals surface area contributed by atoms with Crippen LogP contribution in [0, 0.1) is 0 Å². The minimum atomic E-state index is -0.0960. The van der Waals surface area contributed by atoms with E-state index in [1.807, 2.05) is 26.2 Å². The number of rotatable bonds is 6. The first kappa shape index (κ1) is 15.9. The number of anilines is 1. The van der Waals surface area contributed by atoms with Crippen LogP contribution in [0.5, 0.6) is 0 Å². The van der Waals surface area contributed by atoms with Crippen molar-refractivity contribution in [2.45, 2.75) is 13.0 Å². The maximum absolute atomic E-state index is 12.0. The third-order valence-corrected chi connectivity index (χ3v) is 3.46. The smallest absolute Gasteiger partial charge is 0.317 e. The first-order valence-corrected chi connectivity index (χ1v) is 7.34. The summed E-state index contributed by atoms with van der Waals surface area (Å²) in [7, 11) is 5.79. The Hall–Kier alpha value is -2.43. The van der Waals surface area contributed by atoms with Crippen molar-refractivity contribution in [2.75, 3.05) is 32.6 Å². The van der Waals surface area contributed by atoms with E-state index in [0.717, 1.165) is 12.2 Å². The molecule has 0 aliphatic heterocycles. The molecule has 0 bridgehead atoms. The zero-order valence-corrected chi connectivity index (χ0v) is 13.4. The summed E-state index contributed by atoms with van der Waals surface area (Å²) in [5, 5.41) is 2.92. The van der Waals surface area contributed by atoms with E-state index in [2.05, 4.69) is 34.5 Å². The maximum atomic E-state index is 12.0. The molecule has 1 aromatic heterocycles. The van der Waals surface area contributed by atoms with Crippen molar-refractivity contribution in [3.05, 3.63) is 54.0 Å². The number of carbonyl (C=O) groups is 1. The molecule has 0 spiro atoms. The minimum absolute atomic E-state index is 0.0960. The number of benzene rings is 1. The fourth-order valence-corrected chi connectivity index (χ4v) is 2.12. The van der Waals surface area contributed by atoms with Gasteiger partial charge in [-0.2, -0.15) is 0 Å². The molecular weight excluding hydrogens is 278 g/mol. The molecular formula is C17H23N3O2. The van der Waals surface area contributed by atoms with Crippen LogP contribution in [-0.2, 0) is 13.0 Å². The summed E-state index contributed by atoms with van der Waals surface area (Å²) < 4.78 is 5.23. The van der Waals surface area contributed by atoms with Gasteiger partial charge in [0, 0.05) is 33.4 Å². The van der Waals surface area contributed by atoms with Crippen molar-refractivity contribution in [1.29, 1.82) is 0 Å². The van der Waals surface area contributed by atoms with Crippen molar-refractivity contribution < 1.29 is 9.21 Å². The highest BCUT2D eigenvalue weighted by Gasteiger charge is 2.09. The number of amides is 2. The average molecular weight is 301 g/mol. The second-order valence-corrected chi connectivity index (χ2v) is 5.48. The van der Waals surface area contributed by atoms with Gasteiger partial charge in [0.1, 0.15) is 5.76 Å². The Balaban J connectivity index is 1.74. The third-order valence-electron chi connectivity index (χ3n) is 3.46. The normalized spacial score (nSPS) is 10.3. The van der Waals surface area contributed by atoms with Crippen molar-refractivity contribution >= 4 is 11.7 Å². The number of carbonyl (C=O) groups excluding carboxylic acids is 1. The van der Waals surface area contributed by atoms with Crippen molar-refractivity contribution in [3.63, 3.8) is 0 Å². The van der Waals surface area contributed by atoms with E-state index < -0.39 is 0 Å². The fraction of sp³-hybridized carbons (Fsp3) is 0.353. The zero-order chi connectivity index (χ0) is 15.9. The Bertz CT molecular complexity index is 576. The average Bonchev–Trinajstić information content (AvgIpc) is 3.00. The van der Waals surface area contributed by atoms with Gasteiger partial charge < -0.3 is 19.5 Å². The van der Waals surface area contributed by atoms with Crippen LogP contribution < -0.4 is 10.2 Å². The molecule has 1 aromatic carbocycles. The monoisotopic (exact) mass is 301 g/mol. The number of urea groups is 1. The molecule has 0 aliphatic rings. The molecule has 22 heavy (non-hydrogen) atoms. The van der Waals surface area contributed by atoms with Gasteiger partial charge in [-0.3, -0.25) is 0 Å². The van der Waals surface area contributed by atoms with Gasteiger partial charge in [-0.05, 0) is 36.2 Å². The molecule has 0 radical (unpaired) electrons. The van der Waals surface area contributed by atoms with Crippen molar-refractivity contribution in [1.82, 2.24) is 10.2 Å². The minimum Gasteiger partial charge on any atom is -0.467 e. The number of nitrogens with zero attached hydrogens (tertiary/aromatic N) is 2. The zero-order valence-electron chi connectivity index (χ0n) is 13.4. The molecule has 5 heteroatoms. The van der Waals surface area contributed by atoms with Gasteiger partial charge in [-0.15, -0.1) is 0 Å². The number of furan rings is 1. The lowest BCUT2D eigenvalue weighted by Crippen LogP contribution is -2.37. The molecule has 1 heterocycles. The second-order valence-electron chi connectivity index (χ2n) is 5.48. The van der Waals surface area contributed by atoms with Crippen LogP contribution in [0.4, 0.5) is 10.5 Å². The molecule has 118 valence electrons. The van der Waals surface area contributed by atoms with Crippen LogP contribution in [-0.4, -0.2) is 38.6 Å². The van der Waals surface area contributed by atoms with Crippen LogP contribution in [0.3, 0.4) is 0 Å². The Morgan fingerprint density at radius 1 is 1.14 bits per heavy atom. The number of nitrogens with one attached hydrogen (secondary N) is 1. The molecule has 2 amide bonds. The summed E-state index contributed by atoms with van der Waals surface area (Å²) in [6.07, 6.45) is 2.42. The molecule has 0 saturated heterocycles. The van der Waals surface area contributed by atoms with E-state index in [9.17, 15) is 4.79 Å². The molecule has 0 fully saturated rings. The molecule has 5 nitrogen and oxygen atoms in total. The molecule has 2 aromatic rings. The summed E-state index contributed by atoms with van der Waals surface area (Å²) in [4.78, 5) is 15.6. The van der Waals surface area contributed by atoms with Gasteiger partial charge in [-0.25, -0.2) is 4.79 Å². The molecule has 2 rings (SSSR count). The van der Waals surface area contributed by atoms with Crippen LogP contribution in [0.15, 0.2) is 47.1 Å². The highest BCUT2D eigenvalue weighted by atomic mass is 16.3. The lowest BCUT2D eigenvalue weighted by atomic mass is 10.1. The van der Waals surface area contributed by atoms with Gasteiger partial charge in [-0.1, -0.05) is 12.1 Å². The number of hydrogen-bond donors (Lipinski definition) is 1. The van der Waals surface area contributed by atoms with E-state index in [-0.39, 0.29) is 6.03 Å². The highest BCUT2D eigenvalue weighted by Crippen LogP contribution is 2.12. The van der Waals surface area contributed by atoms with E-state index >= 15 is 0 Å². The summed E-state index contributed by atoms with van der Waals surface area (Å²) >= 11 is 0. The molecule has 0 atom stereocenters. The van der Waals surface area contributed by atoms with Crippen LogP contribution >= 0.6 is 0 Å². The van der Waals surface area contributed by atoms with Crippen LogP contribution in [0.2, 0.25) is 0 Å². The van der Waals surface area contributed by atoms with Crippen LogP contribution in [0.25, 0.3) is 0 Å². The van der Waals surface area contributed by atoms with Gasteiger partial charge >= 0.3 is 6.03 Å². The topological polar surface area (TPSA) is 48.7 Å². The summed E-state index contributed by atoms with van der Waals surface area (Å²) in [6.45, 7) is 1.08. The standard InChI is InChI=1S/C17H23N3O2/c1-19(2)15-8-6-14(7-9-15)10-11-18-17(21)20(3)13-16-5-4-12-22-16/h4-9,12H,10-11,13H2,1-3H3,(H,18,21). The predicted octanol–water partition coefficient (Wildman–Crippen LogP) is 2.73. The fourth-order valence-electron chi connectivity index (χ4n) is 2.12. The summed E-state index contributed by atoms with van der Waals surface area (Å²) in [6, 6.07) is 11.9. The predicted molar refractivity (Wildman–Crippen MR) is 88.0 cm³/mol. The van der Waals surface area contributed by atoms with Gasteiger partial charge in [0.25, 0.3) is 0 Å². The Morgan fingerprint density at radius 3 is 2.45 bits per heavy atom. The first-order valence-electron chi connectivity index (χ1n) is 7.34. The second kappa shape index (κ2) is 7.54. The molecule has 0 saturated carbocycles. The van der Waals surface area contributed by atoms with Crippen LogP contribution in [0.1, 0.15) is 11.3 Å². The maximum Gasteiger partial charge on any atom is 0.317 e. The van der Waals surface area contributed by atoms with Gasteiger partial charge in [0.05, 0.1) is 12.8 Å². The third kappa shape index (κ3) is 4.55. The van der Waals surface area contributed by atoms with E-state index in [4.69, 9.17) is 4.42 Å². The van der Waals surface area contributed by atoms with Gasteiger partial charge in [0.2, 0.25) is 0 Å². The summed E-state index contributed by atoms with van der Waals surface area (Å²) in [5.41, 5.74) is 2.38. The SMILES string of the molecule is CN(Cc1ccco1)C(=O)NCCc1ccc(N(C)C)cc1. The lowest BCUT2D eigenvalue weighted by Gasteiger charge is -2.17. The van der Waals surface area contributed by atoms with Crippen molar-refractivity contribution in [3.8, 4) is 0 Å². The van der Waals surface area contributed by atoms with E-state index in [1.165, 1.54) is 11.3 Å². The largest absolute Gasteiger partial charge is 0.467 e. The molecule has 0 unspecified atom stereocenters. The van der Waals surface area contributed by atoms with Crippen molar-refractivity contribution in [2.24, 2.45) is 0 Å². The van der Waals surface area contributed by atoms with Gasteiger partial charge in [0.15, 0.2) is 0 Å². The first-order chi connectivity index (χ1) is 10.6. The lowest BCUT2D eigenvalue weighted by molar-refractivity contribution is 0.203. The Kier molecular flexibility index (Phi) is 5.47. The Morgan fingerprint density at radius 2 is 1.86 bits per heavy atom.